The minimum atomic E-state index is -0.272. The molecule has 0 atom stereocenters. The number of nitrogens with one attached hydrogen (secondary N) is 3. The Balaban J connectivity index is 2.41. The molecule has 0 saturated carbocycles. The van der Waals surface area contributed by atoms with Crippen LogP contribution < -0.4 is 16.2 Å². The minimum Gasteiger partial charge on any atom is -0.358 e. The fourth-order valence-electron chi connectivity index (χ4n) is 1.31. The monoisotopic (exact) mass is 275 g/mol. The number of carbonyl (C=O) groups excluding carboxylic acids is 1. The largest absolute Gasteiger partial charge is 0.358 e. The number of rotatable bonds is 4. The molecule has 0 aliphatic rings. The quantitative estimate of drug-likeness (QED) is 0.339. The SMILES string of the molecule is C=CCNC(=S)NNC(=O)C=Cc1ccccc1C. The molecular weight excluding hydrogens is 258 g/mol. The summed E-state index contributed by atoms with van der Waals surface area (Å²) in [4.78, 5) is 11.5. The van der Waals surface area contributed by atoms with E-state index in [-0.39, 0.29) is 5.91 Å². The molecular formula is C14H17N3OS. The molecule has 0 saturated heterocycles. The molecule has 0 radical (unpaired) electrons. The summed E-state index contributed by atoms with van der Waals surface area (Å²) in [6, 6.07) is 7.82. The fourth-order valence-corrected chi connectivity index (χ4v) is 1.44. The van der Waals surface area contributed by atoms with Crippen molar-refractivity contribution in [1.29, 1.82) is 0 Å². The molecule has 0 aliphatic heterocycles. The summed E-state index contributed by atoms with van der Waals surface area (Å²) >= 11 is 4.93. The Kier molecular flexibility index (Phi) is 6.32. The molecule has 0 aromatic heterocycles. The Bertz CT molecular complexity index is 497. The lowest BCUT2D eigenvalue weighted by atomic mass is 10.1. The van der Waals surface area contributed by atoms with E-state index >= 15 is 0 Å². The van der Waals surface area contributed by atoms with Gasteiger partial charge in [-0.15, -0.1) is 6.58 Å². The van der Waals surface area contributed by atoms with Crippen molar-refractivity contribution in [3.63, 3.8) is 0 Å². The predicted molar refractivity (Wildman–Crippen MR) is 82.3 cm³/mol. The van der Waals surface area contributed by atoms with Gasteiger partial charge in [-0.25, -0.2) is 0 Å². The zero-order valence-corrected chi connectivity index (χ0v) is 11.6. The van der Waals surface area contributed by atoms with E-state index in [1.165, 1.54) is 6.08 Å². The third-order valence-electron chi connectivity index (χ3n) is 2.31. The molecule has 0 spiro atoms. The van der Waals surface area contributed by atoms with Crippen LogP contribution in [-0.4, -0.2) is 17.6 Å². The molecule has 1 aromatic carbocycles. The maximum absolute atomic E-state index is 11.5. The first-order chi connectivity index (χ1) is 9.13. The fraction of sp³-hybridized carbons (Fsp3) is 0.143. The second-order valence-corrected chi connectivity index (χ2v) is 4.21. The van der Waals surface area contributed by atoms with Crippen LogP contribution in [0.1, 0.15) is 11.1 Å². The summed E-state index contributed by atoms with van der Waals surface area (Å²) in [6.45, 7) is 6.08. The van der Waals surface area contributed by atoms with Gasteiger partial charge in [-0.05, 0) is 36.3 Å². The van der Waals surface area contributed by atoms with Crippen LogP contribution in [-0.2, 0) is 4.79 Å². The lowest BCUT2D eigenvalue weighted by Crippen LogP contribution is -2.46. The van der Waals surface area contributed by atoms with Crippen LogP contribution >= 0.6 is 12.2 Å². The highest BCUT2D eigenvalue weighted by Crippen LogP contribution is 2.08. The smallest absolute Gasteiger partial charge is 0.262 e. The van der Waals surface area contributed by atoms with Crippen molar-refractivity contribution in [3.8, 4) is 0 Å². The molecule has 1 aromatic rings. The van der Waals surface area contributed by atoms with E-state index in [0.717, 1.165) is 11.1 Å². The number of aryl methyl sites for hydroxylation is 1. The van der Waals surface area contributed by atoms with Crippen molar-refractivity contribution >= 4 is 29.3 Å². The Labute approximate surface area is 118 Å². The van der Waals surface area contributed by atoms with Gasteiger partial charge in [0, 0.05) is 12.6 Å². The van der Waals surface area contributed by atoms with Crippen LogP contribution in [0.3, 0.4) is 0 Å². The topological polar surface area (TPSA) is 53.2 Å². The Morgan fingerprint density at radius 3 is 2.79 bits per heavy atom. The maximum Gasteiger partial charge on any atom is 0.262 e. The third-order valence-corrected chi connectivity index (χ3v) is 2.56. The summed E-state index contributed by atoms with van der Waals surface area (Å²) in [5.41, 5.74) is 7.18. The molecule has 3 N–H and O–H groups in total. The average molecular weight is 275 g/mol. The number of amides is 1. The lowest BCUT2D eigenvalue weighted by molar-refractivity contribution is -0.116. The lowest BCUT2D eigenvalue weighted by Gasteiger charge is -2.08. The van der Waals surface area contributed by atoms with E-state index in [9.17, 15) is 4.79 Å². The number of hydrogen-bond acceptors (Lipinski definition) is 2. The Hall–Kier alpha value is -2.14. The van der Waals surface area contributed by atoms with Crippen molar-refractivity contribution in [2.24, 2.45) is 0 Å². The van der Waals surface area contributed by atoms with E-state index in [1.54, 1.807) is 12.2 Å². The van der Waals surface area contributed by atoms with Crippen LogP contribution in [0.4, 0.5) is 0 Å². The van der Waals surface area contributed by atoms with Gasteiger partial charge in [0.15, 0.2) is 5.11 Å². The highest BCUT2D eigenvalue weighted by molar-refractivity contribution is 7.80. The Morgan fingerprint density at radius 1 is 1.37 bits per heavy atom. The van der Waals surface area contributed by atoms with Gasteiger partial charge in [0.05, 0.1) is 0 Å². The number of carbonyl (C=O) groups is 1. The van der Waals surface area contributed by atoms with Gasteiger partial charge in [-0.1, -0.05) is 30.3 Å². The van der Waals surface area contributed by atoms with Crippen molar-refractivity contribution in [2.75, 3.05) is 6.54 Å². The summed E-state index contributed by atoms with van der Waals surface area (Å²) in [6.07, 6.45) is 4.88. The molecule has 1 amide bonds. The van der Waals surface area contributed by atoms with E-state index in [4.69, 9.17) is 12.2 Å². The molecule has 0 bridgehead atoms. The predicted octanol–water partition coefficient (Wildman–Crippen LogP) is 1.69. The molecule has 19 heavy (non-hydrogen) atoms. The van der Waals surface area contributed by atoms with Gasteiger partial charge in [0.1, 0.15) is 0 Å². The van der Waals surface area contributed by atoms with Crippen LogP contribution in [0, 0.1) is 6.92 Å². The van der Waals surface area contributed by atoms with E-state index < -0.39 is 0 Å². The van der Waals surface area contributed by atoms with E-state index in [0.29, 0.717) is 11.7 Å². The van der Waals surface area contributed by atoms with Gasteiger partial charge in [0.2, 0.25) is 0 Å². The molecule has 4 nitrogen and oxygen atoms in total. The van der Waals surface area contributed by atoms with Crippen molar-refractivity contribution < 1.29 is 4.79 Å². The molecule has 0 heterocycles. The minimum absolute atomic E-state index is 0.272. The average Bonchev–Trinajstić information content (AvgIpc) is 2.42. The second kappa shape index (κ2) is 8.05. The second-order valence-electron chi connectivity index (χ2n) is 3.80. The first-order valence-electron chi connectivity index (χ1n) is 5.82. The van der Waals surface area contributed by atoms with E-state index in [1.807, 2.05) is 31.2 Å². The zero-order chi connectivity index (χ0) is 14.1. The van der Waals surface area contributed by atoms with Gasteiger partial charge in [0.25, 0.3) is 5.91 Å². The van der Waals surface area contributed by atoms with Crippen LogP contribution in [0.2, 0.25) is 0 Å². The van der Waals surface area contributed by atoms with Gasteiger partial charge in [-0.3, -0.25) is 15.6 Å². The molecule has 100 valence electrons. The van der Waals surface area contributed by atoms with Gasteiger partial charge in [-0.2, -0.15) is 0 Å². The zero-order valence-electron chi connectivity index (χ0n) is 10.8. The summed E-state index contributed by atoms with van der Waals surface area (Å²) in [7, 11) is 0. The van der Waals surface area contributed by atoms with Crippen molar-refractivity contribution in [3.05, 3.63) is 54.1 Å². The molecule has 5 heteroatoms. The summed E-state index contributed by atoms with van der Waals surface area (Å²) in [5.74, 6) is -0.272. The third kappa shape index (κ3) is 5.83. The molecule has 0 fully saturated rings. The normalized spacial score (nSPS) is 9.95. The van der Waals surface area contributed by atoms with Crippen LogP contribution in [0.15, 0.2) is 43.0 Å². The maximum atomic E-state index is 11.5. The van der Waals surface area contributed by atoms with Crippen LogP contribution in [0.25, 0.3) is 6.08 Å². The molecule has 0 unspecified atom stereocenters. The Morgan fingerprint density at radius 2 is 2.11 bits per heavy atom. The summed E-state index contributed by atoms with van der Waals surface area (Å²) in [5, 5.41) is 3.18. The molecule has 1 rings (SSSR count). The number of thiocarbonyl (C=S) groups is 1. The van der Waals surface area contributed by atoms with Crippen LogP contribution in [0.5, 0.6) is 0 Å². The standard InChI is InChI=1S/C14H17N3OS/c1-3-10-15-14(19)17-16-13(18)9-8-12-7-5-4-6-11(12)2/h3-9H,1,10H2,2H3,(H,16,18)(H2,15,17,19). The van der Waals surface area contributed by atoms with E-state index in [2.05, 4.69) is 22.7 Å². The first-order valence-corrected chi connectivity index (χ1v) is 6.22. The first kappa shape index (κ1) is 14.9. The molecule has 0 aliphatic carbocycles. The number of benzene rings is 1. The highest BCUT2D eigenvalue weighted by Gasteiger charge is 1.97. The number of hydrogen-bond donors (Lipinski definition) is 3. The summed E-state index contributed by atoms with van der Waals surface area (Å²) < 4.78 is 0. The van der Waals surface area contributed by atoms with Gasteiger partial charge < -0.3 is 5.32 Å². The number of hydrazine groups is 1. The van der Waals surface area contributed by atoms with Crippen molar-refractivity contribution in [2.45, 2.75) is 6.92 Å². The van der Waals surface area contributed by atoms with Crippen molar-refractivity contribution in [1.82, 2.24) is 16.2 Å². The van der Waals surface area contributed by atoms with Gasteiger partial charge >= 0.3 is 0 Å². The highest BCUT2D eigenvalue weighted by atomic mass is 32.1.